The molecule has 0 bridgehead atoms. The van der Waals surface area contributed by atoms with Crippen molar-refractivity contribution in [2.24, 2.45) is 5.73 Å². The number of hydrogen-bond acceptors (Lipinski definition) is 6. The third-order valence-electron chi connectivity index (χ3n) is 2.79. The Morgan fingerprint density at radius 2 is 2.16 bits per heavy atom. The lowest BCUT2D eigenvalue weighted by molar-refractivity contribution is 0.229. The van der Waals surface area contributed by atoms with Gasteiger partial charge in [0.15, 0.2) is 0 Å². The third kappa shape index (κ3) is 3.96. The Hall–Kier alpha value is -2.08. The Balaban J connectivity index is 1.76. The lowest BCUT2D eigenvalue weighted by atomic mass is 10.1. The van der Waals surface area contributed by atoms with Crippen LogP contribution in [-0.2, 0) is 4.74 Å². The van der Waals surface area contributed by atoms with Crippen LogP contribution in [0.2, 0.25) is 0 Å². The number of nitrogen functional groups attached to an aromatic ring is 1. The number of anilines is 2. The van der Waals surface area contributed by atoms with E-state index in [0.29, 0.717) is 24.8 Å². The molecular formula is C13H19N5O. The van der Waals surface area contributed by atoms with Gasteiger partial charge in [-0.05, 0) is 18.6 Å². The molecule has 1 atom stereocenters. The van der Waals surface area contributed by atoms with Gasteiger partial charge in [-0.3, -0.25) is 0 Å². The molecule has 1 aromatic rings. The molecule has 4 N–H and O–H groups in total. The van der Waals surface area contributed by atoms with Crippen LogP contribution in [0.25, 0.3) is 0 Å². The van der Waals surface area contributed by atoms with Crippen molar-refractivity contribution in [1.29, 1.82) is 0 Å². The molecule has 0 amide bonds. The molecule has 102 valence electrons. The maximum Gasteiger partial charge on any atom is 0.225 e. The highest BCUT2D eigenvalue weighted by molar-refractivity contribution is 5.37. The summed E-state index contributed by atoms with van der Waals surface area (Å²) in [5.41, 5.74) is 11.8. The van der Waals surface area contributed by atoms with Gasteiger partial charge in [0, 0.05) is 13.1 Å². The van der Waals surface area contributed by atoms with Crippen LogP contribution >= 0.6 is 0 Å². The smallest absolute Gasteiger partial charge is 0.225 e. The van der Waals surface area contributed by atoms with Gasteiger partial charge >= 0.3 is 0 Å². The fraction of sp³-hybridized carbons (Fsp3) is 0.385. The van der Waals surface area contributed by atoms with E-state index >= 15 is 0 Å². The Kier molecular flexibility index (Phi) is 4.35. The molecule has 1 heterocycles. The van der Waals surface area contributed by atoms with Gasteiger partial charge in [0.05, 0.1) is 24.6 Å². The van der Waals surface area contributed by atoms with Crippen LogP contribution in [-0.4, -0.2) is 36.2 Å². The zero-order valence-corrected chi connectivity index (χ0v) is 11.0. The zero-order chi connectivity index (χ0) is 13.7. The van der Waals surface area contributed by atoms with Gasteiger partial charge in [-0.25, -0.2) is 9.97 Å². The van der Waals surface area contributed by atoms with Crippen LogP contribution in [0.3, 0.4) is 0 Å². The van der Waals surface area contributed by atoms with Crippen molar-refractivity contribution in [3.8, 4) is 0 Å². The molecule has 0 saturated carbocycles. The second-order valence-electron chi connectivity index (χ2n) is 4.45. The van der Waals surface area contributed by atoms with E-state index < -0.39 is 0 Å². The maximum atomic E-state index is 5.74. The first kappa shape index (κ1) is 13.4. The largest absolute Gasteiger partial charge is 0.492 e. The van der Waals surface area contributed by atoms with Crippen molar-refractivity contribution < 1.29 is 4.74 Å². The number of likely N-dealkylation sites (N-methyl/N-ethyl adjacent to an activating group) is 1. The molecule has 0 spiro atoms. The Labute approximate surface area is 112 Å². The number of allylic oxidation sites excluding steroid dienone is 1. The summed E-state index contributed by atoms with van der Waals surface area (Å²) in [6.07, 6.45) is 9.87. The number of nitrogens with two attached hydrogens (primary N) is 2. The van der Waals surface area contributed by atoms with E-state index in [1.165, 1.54) is 0 Å². The van der Waals surface area contributed by atoms with Crippen molar-refractivity contribution in [2.45, 2.75) is 12.5 Å². The zero-order valence-electron chi connectivity index (χ0n) is 11.0. The normalized spacial score (nSPS) is 18.0. The standard InChI is InChI=1S/C13H19N5O/c1-18(13-16-8-11(15)9-17-13)6-7-19-12-4-2-10(14)3-5-12/h2,4-5,8-10H,3,6-7,14-15H2,1H3. The second-order valence-corrected chi connectivity index (χ2v) is 4.45. The van der Waals surface area contributed by atoms with Crippen LogP contribution in [0.15, 0.2) is 36.4 Å². The molecule has 0 fully saturated rings. The summed E-state index contributed by atoms with van der Waals surface area (Å²) in [4.78, 5) is 10.2. The molecule has 0 saturated heterocycles. The number of hydrogen-bond donors (Lipinski definition) is 2. The minimum atomic E-state index is 0.109. The summed E-state index contributed by atoms with van der Waals surface area (Å²) in [5, 5.41) is 0. The molecule has 0 radical (unpaired) electrons. The molecular weight excluding hydrogens is 242 g/mol. The minimum Gasteiger partial charge on any atom is -0.492 e. The van der Waals surface area contributed by atoms with Gasteiger partial charge in [-0.2, -0.15) is 0 Å². The fourth-order valence-electron chi connectivity index (χ4n) is 1.65. The van der Waals surface area contributed by atoms with Gasteiger partial charge in [0.25, 0.3) is 0 Å². The summed E-state index contributed by atoms with van der Waals surface area (Å²) in [7, 11) is 1.91. The summed E-state index contributed by atoms with van der Waals surface area (Å²) in [5.74, 6) is 1.50. The molecule has 1 aliphatic carbocycles. The van der Waals surface area contributed by atoms with Gasteiger partial charge < -0.3 is 21.1 Å². The monoisotopic (exact) mass is 261 g/mol. The molecule has 2 rings (SSSR count). The molecule has 1 aliphatic rings. The summed E-state index contributed by atoms with van der Waals surface area (Å²) in [6.45, 7) is 1.26. The molecule has 1 unspecified atom stereocenters. The Morgan fingerprint density at radius 3 is 2.79 bits per heavy atom. The first-order valence-corrected chi connectivity index (χ1v) is 6.20. The summed E-state index contributed by atoms with van der Waals surface area (Å²) in [6, 6.07) is 0.109. The SMILES string of the molecule is CN(CCOC1=CCC(N)C=C1)c1ncc(N)cn1. The van der Waals surface area contributed by atoms with E-state index in [2.05, 4.69) is 9.97 Å². The number of ether oxygens (including phenoxy) is 1. The molecule has 0 aliphatic heterocycles. The lowest BCUT2D eigenvalue weighted by Gasteiger charge is -2.18. The second kappa shape index (κ2) is 6.19. The van der Waals surface area contributed by atoms with Gasteiger partial charge in [-0.1, -0.05) is 6.08 Å². The van der Waals surface area contributed by atoms with Crippen LogP contribution in [0, 0.1) is 0 Å². The first-order valence-electron chi connectivity index (χ1n) is 6.20. The third-order valence-corrected chi connectivity index (χ3v) is 2.79. The van der Waals surface area contributed by atoms with Crippen LogP contribution < -0.4 is 16.4 Å². The van der Waals surface area contributed by atoms with Crippen molar-refractivity contribution in [2.75, 3.05) is 30.8 Å². The van der Waals surface area contributed by atoms with E-state index in [-0.39, 0.29) is 6.04 Å². The van der Waals surface area contributed by atoms with E-state index in [4.69, 9.17) is 16.2 Å². The number of nitrogens with zero attached hydrogens (tertiary/aromatic N) is 3. The highest BCUT2D eigenvalue weighted by Crippen LogP contribution is 2.11. The summed E-state index contributed by atoms with van der Waals surface area (Å²) >= 11 is 0. The van der Waals surface area contributed by atoms with E-state index in [9.17, 15) is 0 Å². The molecule has 1 aromatic heterocycles. The topological polar surface area (TPSA) is 90.3 Å². The Morgan fingerprint density at radius 1 is 1.42 bits per heavy atom. The van der Waals surface area contributed by atoms with Gasteiger partial charge in [0.1, 0.15) is 12.4 Å². The van der Waals surface area contributed by atoms with Crippen molar-refractivity contribution in [3.05, 3.63) is 36.4 Å². The van der Waals surface area contributed by atoms with Gasteiger partial charge in [-0.15, -0.1) is 0 Å². The molecule has 0 aromatic carbocycles. The Bertz CT molecular complexity index is 468. The minimum absolute atomic E-state index is 0.109. The van der Waals surface area contributed by atoms with Crippen molar-refractivity contribution >= 4 is 11.6 Å². The van der Waals surface area contributed by atoms with E-state index in [1.807, 2.05) is 30.2 Å². The summed E-state index contributed by atoms with van der Waals surface area (Å²) < 4.78 is 5.64. The lowest BCUT2D eigenvalue weighted by Crippen LogP contribution is -2.24. The quantitative estimate of drug-likeness (QED) is 0.810. The predicted molar refractivity (Wildman–Crippen MR) is 75.5 cm³/mol. The molecule has 6 nitrogen and oxygen atoms in total. The van der Waals surface area contributed by atoms with Crippen LogP contribution in [0.5, 0.6) is 0 Å². The van der Waals surface area contributed by atoms with Crippen molar-refractivity contribution in [3.63, 3.8) is 0 Å². The van der Waals surface area contributed by atoms with Crippen molar-refractivity contribution in [1.82, 2.24) is 9.97 Å². The maximum absolute atomic E-state index is 5.74. The number of rotatable bonds is 5. The predicted octanol–water partition coefficient (Wildman–Crippen LogP) is 0.683. The fourth-order valence-corrected chi connectivity index (χ4v) is 1.65. The van der Waals surface area contributed by atoms with Crippen LogP contribution in [0.4, 0.5) is 11.6 Å². The van der Waals surface area contributed by atoms with Gasteiger partial charge in [0.2, 0.25) is 5.95 Å². The molecule has 6 heteroatoms. The van der Waals surface area contributed by atoms with E-state index in [1.54, 1.807) is 12.4 Å². The average Bonchev–Trinajstić information content (AvgIpc) is 2.41. The van der Waals surface area contributed by atoms with E-state index in [0.717, 1.165) is 12.2 Å². The number of aromatic nitrogens is 2. The molecule has 19 heavy (non-hydrogen) atoms. The highest BCUT2D eigenvalue weighted by Gasteiger charge is 2.06. The highest BCUT2D eigenvalue weighted by atomic mass is 16.5. The van der Waals surface area contributed by atoms with Crippen LogP contribution in [0.1, 0.15) is 6.42 Å². The average molecular weight is 261 g/mol. The first-order chi connectivity index (χ1) is 9.15.